The summed E-state index contributed by atoms with van der Waals surface area (Å²) in [5.41, 5.74) is 5.60. The third kappa shape index (κ3) is 2.60. The summed E-state index contributed by atoms with van der Waals surface area (Å²) in [6, 6.07) is 5.47. The lowest BCUT2D eigenvalue weighted by atomic mass is 9.84. The van der Waals surface area contributed by atoms with Crippen molar-refractivity contribution in [3.05, 3.63) is 29.3 Å². The number of nitrogens with zero attached hydrogens (tertiary/aromatic N) is 2. The minimum atomic E-state index is -0.984. The predicted octanol–water partition coefficient (Wildman–Crippen LogP) is 1.92. The number of urea groups is 1. The molecular formula is C16H21N3O3. The van der Waals surface area contributed by atoms with Gasteiger partial charge in [0.25, 0.3) is 0 Å². The van der Waals surface area contributed by atoms with E-state index in [0.29, 0.717) is 16.9 Å². The minimum Gasteiger partial charge on any atom is -0.485 e. The van der Waals surface area contributed by atoms with Crippen LogP contribution in [0.2, 0.25) is 0 Å². The van der Waals surface area contributed by atoms with Gasteiger partial charge in [-0.05, 0) is 45.9 Å². The maximum atomic E-state index is 11.8. The average molecular weight is 303 g/mol. The summed E-state index contributed by atoms with van der Waals surface area (Å²) in [5, 5.41) is 19.8. The standard InChI is InChI=1S/C16H21N3O3/c1-9(2)19(15(18)21)14-13(20)11-7-10(8-17)5-6-12(11)22-16(14,3)4/h5-7,9,13-14,20H,1-4H3,(H2,18,21)/t13-,14+/m0/s1. The van der Waals surface area contributed by atoms with Gasteiger partial charge in [0.05, 0.1) is 11.6 Å². The Morgan fingerprint density at radius 2 is 2.14 bits per heavy atom. The smallest absolute Gasteiger partial charge is 0.315 e. The van der Waals surface area contributed by atoms with Gasteiger partial charge in [0.15, 0.2) is 0 Å². The van der Waals surface area contributed by atoms with Gasteiger partial charge < -0.3 is 20.5 Å². The molecule has 3 N–H and O–H groups in total. The van der Waals surface area contributed by atoms with Gasteiger partial charge in [-0.3, -0.25) is 0 Å². The van der Waals surface area contributed by atoms with E-state index in [4.69, 9.17) is 15.7 Å². The van der Waals surface area contributed by atoms with Crippen LogP contribution in [0.4, 0.5) is 4.79 Å². The monoisotopic (exact) mass is 303 g/mol. The van der Waals surface area contributed by atoms with Crippen molar-refractivity contribution in [2.75, 3.05) is 0 Å². The molecule has 1 aliphatic rings. The van der Waals surface area contributed by atoms with Gasteiger partial charge in [0.2, 0.25) is 0 Å². The van der Waals surface area contributed by atoms with Crippen molar-refractivity contribution in [3.63, 3.8) is 0 Å². The van der Waals surface area contributed by atoms with Crippen molar-refractivity contribution in [1.29, 1.82) is 5.26 Å². The number of amides is 2. The summed E-state index contributed by atoms with van der Waals surface area (Å²) < 4.78 is 5.96. The van der Waals surface area contributed by atoms with Crippen LogP contribution in [0.1, 0.15) is 44.9 Å². The zero-order valence-corrected chi connectivity index (χ0v) is 13.2. The molecule has 0 aromatic heterocycles. The lowest BCUT2D eigenvalue weighted by molar-refractivity contribution is -0.0745. The van der Waals surface area contributed by atoms with Gasteiger partial charge in [0, 0.05) is 11.6 Å². The highest BCUT2D eigenvalue weighted by Gasteiger charge is 2.48. The number of rotatable bonds is 2. The van der Waals surface area contributed by atoms with Crippen LogP contribution in [0.5, 0.6) is 5.75 Å². The summed E-state index contributed by atoms with van der Waals surface area (Å²) >= 11 is 0. The van der Waals surface area contributed by atoms with Crippen molar-refractivity contribution in [2.45, 2.75) is 51.5 Å². The normalized spacial score (nSPS) is 22.4. The van der Waals surface area contributed by atoms with Crippen LogP contribution in [-0.4, -0.2) is 33.7 Å². The molecule has 6 heteroatoms. The third-order valence-electron chi connectivity index (χ3n) is 3.95. The van der Waals surface area contributed by atoms with E-state index in [1.165, 1.54) is 4.90 Å². The van der Waals surface area contributed by atoms with Crippen LogP contribution in [-0.2, 0) is 0 Å². The Labute approximate surface area is 130 Å². The number of hydrogen-bond donors (Lipinski definition) is 2. The highest BCUT2D eigenvalue weighted by atomic mass is 16.5. The molecule has 0 bridgehead atoms. The molecule has 0 fully saturated rings. The second-order valence-corrected chi connectivity index (χ2v) is 6.30. The number of ether oxygens (including phenoxy) is 1. The molecule has 0 radical (unpaired) electrons. The minimum absolute atomic E-state index is 0.194. The molecular weight excluding hydrogens is 282 g/mol. The van der Waals surface area contributed by atoms with Crippen molar-refractivity contribution in [3.8, 4) is 11.8 Å². The average Bonchev–Trinajstić information content (AvgIpc) is 2.41. The van der Waals surface area contributed by atoms with Crippen molar-refractivity contribution in [1.82, 2.24) is 4.90 Å². The quantitative estimate of drug-likeness (QED) is 0.871. The molecule has 0 aliphatic carbocycles. The van der Waals surface area contributed by atoms with Gasteiger partial charge in [-0.2, -0.15) is 5.26 Å². The number of nitriles is 1. The number of hydrogen-bond acceptors (Lipinski definition) is 4. The summed E-state index contributed by atoms with van der Waals surface area (Å²) in [6.07, 6.45) is -0.984. The summed E-state index contributed by atoms with van der Waals surface area (Å²) in [5.74, 6) is 0.515. The van der Waals surface area contributed by atoms with E-state index in [-0.39, 0.29) is 6.04 Å². The van der Waals surface area contributed by atoms with Crippen LogP contribution in [0, 0.1) is 11.3 Å². The van der Waals surface area contributed by atoms with E-state index < -0.39 is 23.8 Å². The number of aliphatic hydroxyl groups excluding tert-OH is 1. The zero-order valence-electron chi connectivity index (χ0n) is 13.2. The fourth-order valence-electron chi connectivity index (χ4n) is 3.04. The van der Waals surface area contributed by atoms with Crippen LogP contribution in [0.25, 0.3) is 0 Å². The second kappa shape index (κ2) is 5.50. The molecule has 0 spiro atoms. The van der Waals surface area contributed by atoms with Crippen LogP contribution in [0.15, 0.2) is 18.2 Å². The topological polar surface area (TPSA) is 99.6 Å². The number of aliphatic hydroxyl groups is 1. The van der Waals surface area contributed by atoms with Gasteiger partial charge in [-0.15, -0.1) is 0 Å². The van der Waals surface area contributed by atoms with E-state index in [2.05, 4.69) is 0 Å². The number of carbonyl (C=O) groups excluding carboxylic acids is 1. The van der Waals surface area contributed by atoms with Gasteiger partial charge in [0.1, 0.15) is 23.5 Å². The Kier molecular flexibility index (Phi) is 4.03. The van der Waals surface area contributed by atoms with Crippen molar-refractivity contribution >= 4 is 6.03 Å². The maximum Gasteiger partial charge on any atom is 0.315 e. The van der Waals surface area contributed by atoms with Crippen molar-refractivity contribution < 1.29 is 14.6 Å². The molecule has 118 valence electrons. The Bertz CT molecular complexity index is 634. The van der Waals surface area contributed by atoms with E-state index in [1.807, 2.05) is 19.9 Å². The molecule has 1 heterocycles. The molecule has 2 amide bonds. The summed E-state index contributed by atoms with van der Waals surface area (Å²) in [4.78, 5) is 13.3. The van der Waals surface area contributed by atoms with Gasteiger partial charge in [-0.1, -0.05) is 0 Å². The number of nitrogens with two attached hydrogens (primary N) is 1. The summed E-state index contributed by atoms with van der Waals surface area (Å²) in [7, 11) is 0. The van der Waals surface area contributed by atoms with E-state index in [0.717, 1.165) is 0 Å². The molecule has 0 unspecified atom stereocenters. The lowest BCUT2D eigenvalue weighted by Crippen LogP contribution is -2.62. The molecule has 6 nitrogen and oxygen atoms in total. The SMILES string of the molecule is CC(C)N(C(N)=O)[C@@H]1[C@@H](O)c2cc(C#N)ccc2OC1(C)C. The molecule has 1 aromatic carbocycles. The fraction of sp³-hybridized carbons (Fsp3) is 0.500. The summed E-state index contributed by atoms with van der Waals surface area (Å²) in [6.45, 7) is 7.27. The first kappa shape index (κ1) is 16.1. The molecule has 2 rings (SSSR count). The highest BCUT2D eigenvalue weighted by Crippen LogP contribution is 2.42. The van der Waals surface area contributed by atoms with E-state index >= 15 is 0 Å². The Morgan fingerprint density at radius 3 is 2.64 bits per heavy atom. The lowest BCUT2D eigenvalue weighted by Gasteiger charge is -2.48. The number of benzene rings is 1. The van der Waals surface area contributed by atoms with Gasteiger partial charge in [-0.25, -0.2) is 4.79 Å². The number of primary amides is 1. The first-order valence-electron chi connectivity index (χ1n) is 7.18. The Hall–Kier alpha value is -2.26. The fourth-order valence-corrected chi connectivity index (χ4v) is 3.04. The van der Waals surface area contributed by atoms with Crippen LogP contribution in [0.3, 0.4) is 0 Å². The molecule has 22 heavy (non-hydrogen) atoms. The Morgan fingerprint density at radius 1 is 1.50 bits per heavy atom. The maximum absolute atomic E-state index is 11.8. The molecule has 2 atom stereocenters. The third-order valence-corrected chi connectivity index (χ3v) is 3.95. The van der Waals surface area contributed by atoms with Crippen molar-refractivity contribution in [2.24, 2.45) is 5.73 Å². The number of fused-ring (bicyclic) bond motifs is 1. The van der Waals surface area contributed by atoms with Crippen LogP contribution < -0.4 is 10.5 Å². The van der Waals surface area contributed by atoms with Gasteiger partial charge >= 0.3 is 6.03 Å². The molecule has 1 aliphatic heterocycles. The van der Waals surface area contributed by atoms with E-state index in [1.54, 1.807) is 32.0 Å². The highest BCUT2D eigenvalue weighted by molar-refractivity contribution is 5.73. The predicted molar refractivity (Wildman–Crippen MR) is 81.2 cm³/mol. The number of carbonyl (C=O) groups is 1. The molecule has 1 aromatic rings. The zero-order chi connectivity index (χ0) is 16.7. The second-order valence-electron chi connectivity index (χ2n) is 6.30. The molecule has 0 saturated carbocycles. The first-order chi connectivity index (χ1) is 10.2. The first-order valence-corrected chi connectivity index (χ1v) is 7.18. The Balaban J connectivity index is 2.55. The molecule has 0 saturated heterocycles. The largest absolute Gasteiger partial charge is 0.485 e. The van der Waals surface area contributed by atoms with E-state index in [9.17, 15) is 9.90 Å². The van der Waals surface area contributed by atoms with Crippen LogP contribution >= 0.6 is 0 Å².